The number of alkyl halides is 2. The molecule has 0 saturated heterocycles. The molecule has 1 aromatic rings. The van der Waals surface area contributed by atoms with Crippen LogP contribution in [0.5, 0.6) is 5.75 Å². The molecule has 3 nitrogen and oxygen atoms in total. The van der Waals surface area contributed by atoms with Gasteiger partial charge in [-0.05, 0) is 31.0 Å². The number of methoxy groups -OCH3 is 1. The summed E-state index contributed by atoms with van der Waals surface area (Å²) in [7, 11) is 3.06. The highest BCUT2D eigenvalue weighted by atomic mass is 35.5. The summed E-state index contributed by atoms with van der Waals surface area (Å²) in [6.07, 6.45) is 0.434. The number of halogens is 3. The molecule has 1 aliphatic rings. The summed E-state index contributed by atoms with van der Waals surface area (Å²) in [6, 6.07) is 4.61. The monoisotopic (exact) mass is 319 g/mol. The molecule has 0 heterocycles. The van der Waals surface area contributed by atoms with Gasteiger partial charge in [-0.3, -0.25) is 4.79 Å². The van der Waals surface area contributed by atoms with Gasteiger partial charge in [0.2, 0.25) is 5.91 Å². The summed E-state index contributed by atoms with van der Waals surface area (Å²) in [6.45, 7) is 2.03. The molecule has 1 aromatic carbocycles. The van der Waals surface area contributed by atoms with E-state index in [-0.39, 0.29) is 11.7 Å². The van der Waals surface area contributed by atoms with Crippen molar-refractivity contribution in [2.75, 3.05) is 14.2 Å². The van der Waals surface area contributed by atoms with Crippen LogP contribution in [-0.4, -0.2) is 29.3 Å². The highest BCUT2D eigenvalue weighted by molar-refractivity contribution is 6.53. The minimum Gasteiger partial charge on any atom is -0.494 e. The molecular weight excluding hydrogens is 304 g/mol. The second-order valence-electron chi connectivity index (χ2n) is 5.34. The zero-order valence-corrected chi connectivity index (χ0v) is 13.1. The first-order chi connectivity index (χ1) is 9.21. The number of carbonyl (C=O) groups is 1. The predicted molar refractivity (Wildman–Crippen MR) is 76.6 cm³/mol. The molecule has 0 spiro atoms. The first-order valence-corrected chi connectivity index (χ1v) is 6.93. The third-order valence-corrected chi connectivity index (χ3v) is 4.81. The number of hydrogen-bond donors (Lipinski definition) is 0. The van der Waals surface area contributed by atoms with Crippen molar-refractivity contribution in [2.45, 2.75) is 24.2 Å². The van der Waals surface area contributed by atoms with Crippen LogP contribution in [0.15, 0.2) is 18.2 Å². The third kappa shape index (κ3) is 2.59. The Labute approximate surface area is 127 Å². The lowest BCUT2D eigenvalue weighted by Gasteiger charge is -2.22. The zero-order chi connectivity index (χ0) is 15.1. The standard InChI is InChI=1S/C14H16Cl2FNO2/c1-13(8-14(13,15)16)12(19)18(2)7-9-4-5-11(20-3)10(17)6-9/h4-6H,7-8H2,1-3H3. The number of hydrogen-bond acceptors (Lipinski definition) is 2. The van der Waals surface area contributed by atoms with Crippen LogP contribution in [-0.2, 0) is 11.3 Å². The maximum Gasteiger partial charge on any atom is 0.231 e. The van der Waals surface area contributed by atoms with Crippen molar-refractivity contribution in [3.8, 4) is 5.75 Å². The van der Waals surface area contributed by atoms with Gasteiger partial charge in [0.15, 0.2) is 11.6 Å². The number of rotatable bonds is 4. The van der Waals surface area contributed by atoms with E-state index in [1.54, 1.807) is 20.0 Å². The highest BCUT2D eigenvalue weighted by Gasteiger charge is 2.68. The topological polar surface area (TPSA) is 29.5 Å². The molecule has 1 saturated carbocycles. The first kappa shape index (κ1) is 15.4. The molecule has 1 unspecified atom stereocenters. The van der Waals surface area contributed by atoms with E-state index in [4.69, 9.17) is 27.9 Å². The number of carbonyl (C=O) groups excluding carboxylic acids is 1. The average Bonchev–Trinajstić information content (AvgIpc) is 2.89. The maximum absolute atomic E-state index is 13.6. The lowest BCUT2D eigenvalue weighted by atomic mass is 10.1. The van der Waals surface area contributed by atoms with Gasteiger partial charge in [-0.25, -0.2) is 4.39 Å². The molecule has 1 atom stereocenters. The molecule has 6 heteroatoms. The Hall–Kier alpha value is -1.00. The maximum atomic E-state index is 13.6. The van der Waals surface area contributed by atoms with Crippen LogP contribution >= 0.6 is 23.2 Å². The van der Waals surface area contributed by atoms with Crippen LogP contribution in [0.4, 0.5) is 4.39 Å². The average molecular weight is 320 g/mol. The predicted octanol–water partition coefficient (Wildman–Crippen LogP) is 3.38. The quantitative estimate of drug-likeness (QED) is 0.796. The van der Waals surface area contributed by atoms with E-state index < -0.39 is 15.6 Å². The van der Waals surface area contributed by atoms with Gasteiger partial charge in [0.05, 0.1) is 12.5 Å². The fourth-order valence-corrected chi connectivity index (χ4v) is 2.90. The lowest BCUT2D eigenvalue weighted by Crippen LogP contribution is -2.34. The van der Waals surface area contributed by atoms with Gasteiger partial charge in [0, 0.05) is 13.6 Å². The number of nitrogens with zero attached hydrogens (tertiary/aromatic N) is 1. The summed E-state index contributed by atoms with van der Waals surface area (Å²) < 4.78 is 17.5. The Morgan fingerprint density at radius 1 is 1.50 bits per heavy atom. The van der Waals surface area contributed by atoms with Gasteiger partial charge < -0.3 is 9.64 Å². The van der Waals surface area contributed by atoms with E-state index in [0.717, 1.165) is 0 Å². The van der Waals surface area contributed by atoms with E-state index in [1.807, 2.05) is 0 Å². The molecule has 20 heavy (non-hydrogen) atoms. The van der Waals surface area contributed by atoms with Crippen molar-refractivity contribution >= 4 is 29.1 Å². The Bertz CT molecular complexity index is 550. The molecule has 1 amide bonds. The van der Waals surface area contributed by atoms with E-state index in [9.17, 15) is 9.18 Å². The Balaban J connectivity index is 2.07. The number of amides is 1. The zero-order valence-electron chi connectivity index (χ0n) is 11.5. The van der Waals surface area contributed by atoms with Gasteiger partial charge in [-0.2, -0.15) is 0 Å². The Morgan fingerprint density at radius 2 is 2.10 bits per heavy atom. The van der Waals surface area contributed by atoms with Crippen molar-refractivity contribution < 1.29 is 13.9 Å². The van der Waals surface area contributed by atoms with Gasteiger partial charge in [0.25, 0.3) is 0 Å². The molecule has 0 radical (unpaired) electrons. The molecule has 0 aliphatic heterocycles. The van der Waals surface area contributed by atoms with Crippen LogP contribution < -0.4 is 4.74 Å². The van der Waals surface area contributed by atoms with Crippen LogP contribution in [0.3, 0.4) is 0 Å². The number of benzene rings is 1. The van der Waals surface area contributed by atoms with E-state index in [2.05, 4.69) is 0 Å². The van der Waals surface area contributed by atoms with Crippen molar-refractivity contribution in [3.63, 3.8) is 0 Å². The summed E-state index contributed by atoms with van der Waals surface area (Å²) >= 11 is 12.0. The fraction of sp³-hybridized carbons (Fsp3) is 0.500. The van der Waals surface area contributed by atoms with Crippen molar-refractivity contribution in [2.24, 2.45) is 5.41 Å². The van der Waals surface area contributed by atoms with E-state index >= 15 is 0 Å². The Kier molecular flexibility index (Phi) is 3.91. The van der Waals surface area contributed by atoms with Crippen LogP contribution in [0, 0.1) is 11.2 Å². The Morgan fingerprint density at radius 3 is 2.55 bits per heavy atom. The minimum absolute atomic E-state index is 0.140. The normalized spacial score (nSPS) is 23.3. The highest BCUT2D eigenvalue weighted by Crippen LogP contribution is 2.64. The first-order valence-electron chi connectivity index (χ1n) is 6.17. The summed E-state index contributed by atoms with van der Waals surface area (Å²) in [5, 5.41) is 0. The van der Waals surface area contributed by atoms with E-state index in [0.29, 0.717) is 18.5 Å². The summed E-state index contributed by atoms with van der Waals surface area (Å²) in [5.74, 6) is -0.413. The molecule has 0 N–H and O–H groups in total. The molecule has 110 valence electrons. The summed E-state index contributed by atoms with van der Waals surface area (Å²) in [5.41, 5.74) is -0.0753. The molecule has 0 bridgehead atoms. The van der Waals surface area contributed by atoms with Crippen molar-refractivity contribution in [1.29, 1.82) is 0 Å². The molecule has 1 fully saturated rings. The van der Waals surface area contributed by atoms with E-state index in [1.165, 1.54) is 24.1 Å². The van der Waals surface area contributed by atoms with Gasteiger partial charge >= 0.3 is 0 Å². The second-order valence-corrected chi connectivity index (χ2v) is 6.83. The molecule has 2 rings (SSSR count). The van der Waals surface area contributed by atoms with Crippen LogP contribution in [0.2, 0.25) is 0 Å². The third-order valence-electron chi connectivity index (χ3n) is 3.71. The smallest absolute Gasteiger partial charge is 0.231 e. The minimum atomic E-state index is -0.997. The molecule has 1 aliphatic carbocycles. The van der Waals surface area contributed by atoms with Crippen molar-refractivity contribution in [1.82, 2.24) is 4.90 Å². The largest absolute Gasteiger partial charge is 0.494 e. The van der Waals surface area contributed by atoms with Gasteiger partial charge in [-0.15, -0.1) is 23.2 Å². The molecular formula is C14H16Cl2FNO2. The van der Waals surface area contributed by atoms with Crippen LogP contribution in [0.25, 0.3) is 0 Å². The van der Waals surface area contributed by atoms with Crippen LogP contribution in [0.1, 0.15) is 18.9 Å². The SMILES string of the molecule is COc1ccc(CN(C)C(=O)C2(C)CC2(Cl)Cl)cc1F. The summed E-state index contributed by atoms with van der Waals surface area (Å²) in [4.78, 5) is 13.8. The second kappa shape index (κ2) is 5.08. The van der Waals surface area contributed by atoms with Crippen molar-refractivity contribution in [3.05, 3.63) is 29.6 Å². The van der Waals surface area contributed by atoms with Gasteiger partial charge in [-0.1, -0.05) is 6.07 Å². The fourth-order valence-electron chi connectivity index (χ4n) is 2.21. The van der Waals surface area contributed by atoms with Gasteiger partial charge in [0.1, 0.15) is 4.33 Å². The molecule has 0 aromatic heterocycles. The number of ether oxygens (including phenoxy) is 1. The lowest BCUT2D eigenvalue weighted by molar-refractivity contribution is -0.135.